The highest BCUT2D eigenvalue weighted by molar-refractivity contribution is 7.91. The first-order valence-electron chi connectivity index (χ1n) is 24.0. The molecule has 3 aliphatic carbocycles. The number of carbonyl (C=O) groups is 5. The van der Waals surface area contributed by atoms with Crippen LogP contribution in [0.3, 0.4) is 0 Å². The van der Waals surface area contributed by atoms with Crippen molar-refractivity contribution < 1.29 is 51.3 Å². The summed E-state index contributed by atoms with van der Waals surface area (Å²) < 4.78 is 52.7. The second-order valence-electron chi connectivity index (χ2n) is 22.0. The Hall–Kier alpha value is -5.13. The maximum Gasteiger partial charge on any atom is 0.410 e. The summed E-state index contributed by atoms with van der Waals surface area (Å²) in [6.45, 7) is 17.7. The van der Waals surface area contributed by atoms with Crippen molar-refractivity contribution >= 4 is 50.8 Å². The topological polar surface area (TPSA) is 212 Å². The average Bonchev–Trinajstić information content (AvgIpc) is 4.20. The summed E-state index contributed by atoms with van der Waals surface area (Å²) in [7, 11) is -4.04. The molecular formula is C49H68N6O11S. The number of fused-ring (bicyclic) bond motifs is 5. The van der Waals surface area contributed by atoms with Gasteiger partial charge in [-0.3, -0.25) is 19.1 Å². The van der Waals surface area contributed by atoms with Crippen molar-refractivity contribution in [2.75, 3.05) is 26.2 Å². The smallest absolute Gasteiger partial charge is 0.410 e. The molecule has 2 aromatic rings. The van der Waals surface area contributed by atoms with E-state index in [0.717, 1.165) is 49.5 Å². The fourth-order valence-electron chi connectivity index (χ4n) is 9.65. The number of ether oxygens (including phenoxy) is 4. The fraction of sp³-hybridized carbons (Fsp3) is 0.673. The number of pyridine rings is 1. The first kappa shape index (κ1) is 48.3. The molecule has 1 aromatic carbocycles. The zero-order valence-electron chi connectivity index (χ0n) is 40.0. The van der Waals surface area contributed by atoms with E-state index in [1.165, 1.54) is 11.0 Å². The van der Waals surface area contributed by atoms with Gasteiger partial charge in [0.25, 0.3) is 5.91 Å². The Bertz CT molecular complexity index is 2410. The van der Waals surface area contributed by atoms with E-state index in [-0.39, 0.29) is 43.4 Å². The number of para-hydroxylation sites is 1. The molecule has 0 spiro atoms. The van der Waals surface area contributed by atoms with Gasteiger partial charge in [-0.05, 0) is 103 Å². The van der Waals surface area contributed by atoms with Gasteiger partial charge in [0.05, 0.1) is 29.0 Å². The molecular weight excluding hydrogens is 881 g/mol. The van der Waals surface area contributed by atoms with E-state index in [2.05, 4.69) is 21.9 Å². The van der Waals surface area contributed by atoms with E-state index in [4.69, 9.17) is 23.9 Å². The molecule has 1 aromatic heterocycles. The van der Waals surface area contributed by atoms with Crippen molar-refractivity contribution in [1.82, 2.24) is 30.1 Å². The van der Waals surface area contributed by atoms with Crippen molar-refractivity contribution in [2.24, 2.45) is 23.2 Å². The SMILES string of the molecule is C=CC1C[C@]1(NC(=O)[C@@H]1C[C@@H]2CN1C(=O)[C@H](C(C)(C)C)NC(=O)O[C@@H]1C[C@H]1CCCCCc1c(nc3ccccc3c1OC[C@H]1CCN(C(=O)OC(C)(C)C)C1)O2)C(=O)NS(=O)(=O)C1(C)CC1. The standard InChI is InChI=1S/C49H68N6O11S/c1-9-31-25-49(31,43(58)53-67(61,62)48(8)20-21-48)52-40(56)36-24-32-27-55(36)42(57)39(46(2,3)4)51-44(59)65-37-23-30(37)15-11-10-12-17-34-38(33-16-13-14-18-35(33)50-41(34)64-32)63-28-29-19-22-54(26-29)45(60)66-47(5,6)7/h9,13-14,16,18,29-32,36-37,39H,1,10-12,15,17,19-28H2,2-8H3,(H,51,59)(H,52,56)(H,53,58)/t29-,30+,31?,32+,36-,37+,39+,49+/m0/s1. The Morgan fingerprint density at radius 2 is 1.76 bits per heavy atom. The molecule has 17 nitrogen and oxygen atoms in total. The normalized spacial score (nSPS) is 29.7. The highest BCUT2D eigenvalue weighted by atomic mass is 32.2. The first-order valence-corrected chi connectivity index (χ1v) is 25.5. The number of hydrogen-bond donors (Lipinski definition) is 3. The summed E-state index contributed by atoms with van der Waals surface area (Å²) in [5, 5.41) is 6.49. The summed E-state index contributed by atoms with van der Waals surface area (Å²) >= 11 is 0. The Balaban J connectivity index is 1.11. The minimum Gasteiger partial charge on any atom is -0.492 e. The monoisotopic (exact) mass is 948 g/mol. The maximum atomic E-state index is 14.9. The van der Waals surface area contributed by atoms with Gasteiger partial charge < -0.3 is 39.4 Å². The zero-order valence-corrected chi connectivity index (χ0v) is 40.8. The lowest BCUT2D eigenvalue weighted by Gasteiger charge is -2.35. The molecule has 67 heavy (non-hydrogen) atoms. The summed E-state index contributed by atoms with van der Waals surface area (Å²) in [5.41, 5.74) is -1.67. The summed E-state index contributed by atoms with van der Waals surface area (Å²) in [6, 6.07) is 5.33. The highest BCUT2D eigenvalue weighted by Gasteiger charge is 2.63. The average molecular weight is 949 g/mol. The third-order valence-corrected chi connectivity index (χ3v) is 16.5. The molecule has 2 bridgehead atoms. The Labute approximate surface area is 393 Å². The van der Waals surface area contributed by atoms with Crippen molar-refractivity contribution in [1.29, 1.82) is 0 Å². The Morgan fingerprint density at radius 3 is 2.45 bits per heavy atom. The van der Waals surface area contributed by atoms with Crippen molar-refractivity contribution in [2.45, 2.75) is 159 Å². The van der Waals surface area contributed by atoms with Crippen molar-refractivity contribution in [3.05, 3.63) is 42.5 Å². The number of likely N-dealkylation sites (tertiary alicyclic amines) is 1. The van der Waals surface area contributed by atoms with Crippen LogP contribution in [-0.4, -0.2) is 120 Å². The molecule has 5 amide bonds. The third-order valence-electron chi connectivity index (χ3n) is 14.3. The van der Waals surface area contributed by atoms with Gasteiger partial charge in [0, 0.05) is 36.7 Å². The highest BCUT2D eigenvalue weighted by Crippen LogP contribution is 2.48. The lowest BCUT2D eigenvalue weighted by molar-refractivity contribution is -0.142. The summed E-state index contributed by atoms with van der Waals surface area (Å²) in [6.07, 6.45) is 5.81. The van der Waals surface area contributed by atoms with Crippen LogP contribution in [0.15, 0.2) is 36.9 Å². The Kier molecular flexibility index (Phi) is 13.0. The van der Waals surface area contributed by atoms with Crippen LogP contribution in [0.2, 0.25) is 0 Å². The predicted octanol–water partition coefficient (Wildman–Crippen LogP) is 5.92. The maximum absolute atomic E-state index is 14.9. The van der Waals surface area contributed by atoms with Gasteiger partial charge in [-0.25, -0.2) is 23.0 Å². The second-order valence-corrected chi connectivity index (χ2v) is 24.2. The number of rotatable bonds is 9. The summed E-state index contributed by atoms with van der Waals surface area (Å²) in [5.74, 6) is -1.44. The van der Waals surface area contributed by atoms with Gasteiger partial charge >= 0.3 is 12.2 Å². The minimum atomic E-state index is -4.04. The molecule has 4 heterocycles. The number of carbonyl (C=O) groups excluding carboxylic acids is 5. The van der Waals surface area contributed by atoms with Gasteiger partial charge in [0.1, 0.15) is 41.2 Å². The molecule has 2 saturated heterocycles. The summed E-state index contributed by atoms with van der Waals surface area (Å²) in [4.78, 5) is 78.0. The molecule has 366 valence electrons. The van der Waals surface area contributed by atoms with Crippen molar-refractivity contribution in [3.63, 3.8) is 0 Å². The predicted molar refractivity (Wildman–Crippen MR) is 248 cm³/mol. The lowest BCUT2D eigenvalue weighted by atomic mass is 9.85. The fourth-order valence-corrected chi connectivity index (χ4v) is 11.0. The molecule has 5 fully saturated rings. The zero-order chi connectivity index (χ0) is 48.3. The Morgan fingerprint density at radius 1 is 1.01 bits per heavy atom. The first-order chi connectivity index (χ1) is 31.5. The largest absolute Gasteiger partial charge is 0.492 e. The van der Waals surface area contributed by atoms with Crippen LogP contribution >= 0.6 is 0 Å². The number of nitrogens with zero attached hydrogens (tertiary/aromatic N) is 3. The van der Waals surface area contributed by atoms with Gasteiger partial charge in [-0.1, -0.05) is 51.8 Å². The number of alkyl carbamates (subject to hydrolysis) is 1. The molecule has 3 saturated carbocycles. The molecule has 1 unspecified atom stereocenters. The molecule has 6 aliphatic rings. The number of nitrogens with one attached hydrogen (secondary N) is 3. The van der Waals surface area contributed by atoms with Crippen LogP contribution in [0.5, 0.6) is 11.6 Å². The van der Waals surface area contributed by atoms with Gasteiger partial charge in [0.15, 0.2) is 0 Å². The minimum absolute atomic E-state index is 0.0117. The van der Waals surface area contributed by atoms with Crippen LogP contribution in [0.25, 0.3) is 10.9 Å². The quantitative estimate of drug-likeness (QED) is 0.250. The lowest BCUT2D eigenvalue weighted by Crippen LogP contribution is -2.60. The molecule has 0 radical (unpaired) electrons. The van der Waals surface area contributed by atoms with E-state index in [9.17, 15) is 32.4 Å². The molecule has 3 aliphatic heterocycles. The van der Waals surface area contributed by atoms with Crippen LogP contribution in [0, 0.1) is 23.2 Å². The number of sulfonamides is 1. The van der Waals surface area contributed by atoms with Crippen LogP contribution in [0.1, 0.15) is 118 Å². The van der Waals surface area contributed by atoms with E-state index in [0.29, 0.717) is 56.1 Å². The second kappa shape index (κ2) is 18.1. The van der Waals surface area contributed by atoms with Crippen LogP contribution < -0.4 is 24.8 Å². The molecule has 18 heteroatoms. The molecule has 8 atom stereocenters. The molecule has 3 N–H and O–H groups in total. The van der Waals surface area contributed by atoms with E-state index < -0.39 is 79.2 Å². The number of hydrogen-bond acceptors (Lipinski definition) is 12. The van der Waals surface area contributed by atoms with Crippen LogP contribution in [-0.2, 0) is 40.3 Å². The van der Waals surface area contributed by atoms with Crippen molar-refractivity contribution in [3.8, 4) is 11.6 Å². The number of amides is 5. The van der Waals surface area contributed by atoms with Crippen LogP contribution in [0.4, 0.5) is 9.59 Å². The van der Waals surface area contributed by atoms with E-state index in [1.807, 2.05) is 65.8 Å². The number of aromatic nitrogens is 1. The van der Waals surface area contributed by atoms with E-state index >= 15 is 0 Å². The number of benzene rings is 1. The van der Waals surface area contributed by atoms with Gasteiger partial charge in [0.2, 0.25) is 27.7 Å². The van der Waals surface area contributed by atoms with Gasteiger partial charge in [-0.2, -0.15) is 0 Å². The molecule has 8 rings (SSSR count). The third kappa shape index (κ3) is 10.5. The van der Waals surface area contributed by atoms with Gasteiger partial charge in [-0.15, -0.1) is 6.58 Å². The van der Waals surface area contributed by atoms with E-state index in [1.54, 1.807) is 11.8 Å².